The Kier molecular flexibility index (Phi) is 4.94. The zero-order valence-corrected chi connectivity index (χ0v) is 16.8. The van der Waals surface area contributed by atoms with Gasteiger partial charge in [-0.2, -0.15) is 20.3 Å². The first-order valence-electron chi connectivity index (χ1n) is 9.25. The largest absolute Gasteiger partial charge is 0.342 e. The van der Waals surface area contributed by atoms with Gasteiger partial charge < -0.3 is 5.32 Å². The van der Waals surface area contributed by atoms with Crippen molar-refractivity contribution in [2.24, 2.45) is 0 Å². The number of nitriles is 2. The van der Waals surface area contributed by atoms with Crippen LogP contribution in [0.25, 0.3) is 5.82 Å². The van der Waals surface area contributed by atoms with E-state index in [1.54, 1.807) is 37.3 Å². The Hall–Kier alpha value is -3.75. The molecule has 1 saturated carbocycles. The quantitative estimate of drug-likeness (QED) is 0.680. The molecule has 2 heterocycles. The van der Waals surface area contributed by atoms with E-state index >= 15 is 0 Å². The Balaban J connectivity index is 1.56. The van der Waals surface area contributed by atoms with Crippen LogP contribution in [0, 0.1) is 22.7 Å². The molecule has 1 aliphatic carbocycles. The summed E-state index contributed by atoms with van der Waals surface area (Å²) in [6, 6.07) is 12.2. The van der Waals surface area contributed by atoms with E-state index in [4.69, 9.17) is 16.9 Å². The summed E-state index contributed by atoms with van der Waals surface area (Å²) in [6.07, 6.45) is 4.35. The number of aromatic nitrogens is 4. The molecule has 1 fully saturated rings. The van der Waals surface area contributed by atoms with Crippen molar-refractivity contribution in [2.45, 2.75) is 31.2 Å². The molecule has 2 aromatic heterocycles. The second kappa shape index (κ2) is 7.58. The van der Waals surface area contributed by atoms with Crippen molar-refractivity contribution in [1.29, 1.82) is 10.5 Å². The average molecular weight is 418 g/mol. The lowest BCUT2D eigenvalue weighted by Gasteiger charge is -2.15. The van der Waals surface area contributed by atoms with Crippen LogP contribution in [-0.2, 0) is 5.41 Å². The molecule has 1 amide bonds. The van der Waals surface area contributed by atoms with Gasteiger partial charge in [0.25, 0.3) is 5.91 Å². The third-order valence-corrected chi connectivity index (χ3v) is 5.30. The zero-order valence-electron chi connectivity index (χ0n) is 16.0. The summed E-state index contributed by atoms with van der Waals surface area (Å²) in [7, 11) is 0. The van der Waals surface area contributed by atoms with Crippen molar-refractivity contribution in [2.75, 3.05) is 0 Å². The SMILES string of the molecule is CC(NC(=O)c1cc(Cl)cc(C2(C#N)CC2)c1)c1ncnn1-c1ccc(C#N)cn1. The van der Waals surface area contributed by atoms with E-state index in [9.17, 15) is 10.1 Å². The van der Waals surface area contributed by atoms with Crippen molar-refractivity contribution in [3.8, 4) is 18.0 Å². The van der Waals surface area contributed by atoms with Crippen LogP contribution in [0.2, 0.25) is 5.02 Å². The minimum absolute atomic E-state index is 0.331. The number of nitrogens with zero attached hydrogens (tertiary/aromatic N) is 6. The molecular weight excluding hydrogens is 402 g/mol. The predicted octanol–water partition coefficient (Wildman–Crippen LogP) is 3.23. The van der Waals surface area contributed by atoms with E-state index in [0.29, 0.717) is 27.8 Å². The van der Waals surface area contributed by atoms with Gasteiger partial charge in [0.05, 0.1) is 23.1 Å². The lowest BCUT2D eigenvalue weighted by atomic mass is 9.95. The highest BCUT2D eigenvalue weighted by atomic mass is 35.5. The molecule has 0 radical (unpaired) electrons. The first-order chi connectivity index (χ1) is 14.5. The second-order valence-electron chi connectivity index (χ2n) is 7.16. The minimum atomic E-state index is -0.535. The van der Waals surface area contributed by atoms with Gasteiger partial charge in [-0.1, -0.05) is 11.6 Å². The summed E-state index contributed by atoms with van der Waals surface area (Å²) >= 11 is 6.20. The maximum atomic E-state index is 12.9. The highest BCUT2D eigenvalue weighted by Crippen LogP contribution is 2.48. The molecule has 8 nitrogen and oxygen atoms in total. The maximum absolute atomic E-state index is 12.9. The molecule has 4 rings (SSSR count). The third kappa shape index (κ3) is 3.61. The van der Waals surface area contributed by atoms with Crippen LogP contribution in [0.4, 0.5) is 0 Å². The molecule has 1 unspecified atom stereocenters. The van der Waals surface area contributed by atoms with Gasteiger partial charge in [0.15, 0.2) is 11.6 Å². The molecule has 0 spiro atoms. The number of pyridine rings is 1. The number of carbonyl (C=O) groups excluding carboxylic acids is 1. The first kappa shape index (κ1) is 19.6. The van der Waals surface area contributed by atoms with Gasteiger partial charge in [0, 0.05) is 16.8 Å². The van der Waals surface area contributed by atoms with E-state index in [-0.39, 0.29) is 5.91 Å². The lowest BCUT2D eigenvalue weighted by Crippen LogP contribution is -2.29. The summed E-state index contributed by atoms with van der Waals surface area (Å²) in [5.74, 6) is 0.637. The van der Waals surface area contributed by atoms with Crippen molar-refractivity contribution < 1.29 is 4.79 Å². The summed E-state index contributed by atoms with van der Waals surface area (Å²) < 4.78 is 1.50. The van der Waals surface area contributed by atoms with Crippen LogP contribution in [-0.4, -0.2) is 25.7 Å². The van der Waals surface area contributed by atoms with Crippen molar-refractivity contribution in [1.82, 2.24) is 25.1 Å². The fourth-order valence-electron chi connectivity index (χ4n) is 3.23. The van der Waals surface area contributed by atoms with Crippen LogP contribution in [0.15, 0.2) is 42.9 Å². The fourth-order valence-corrected chi connectivity index (χ4v) is 3.47. The minimum Gasteiger partial charge on any atom is -0.342 e. The Morgan fingerprint density at radius 1 is 1.27 bits per heavy atom. The normalized spacial score (nSPS) is 14.9. The van der Waals surface area contributed by atoms with Crippen LogP contribution < -0.4 is 5.32 Å². The standard InChI is InChI=1S/C21H16ClN7O/c1-13(19-26-12-27-29(19)18-3-2-14(9-23)10-25-18)28-20(30)15-6-16(8-17(22)7-15)21(11-24)4-5-21/h2-3,6-8,10,12-13H,4-5H2,1H3,(H,28,30). The number of amides is 1. The molecule has 9 heteroatoms. The number of nitrogens with one attached hydrogen (secondary N) is 1. The summed E-state index contributed by atoms with van der Waals surface area (Å²) in [5.41, 5.74) is 1.05. The molecule has 0 bridgehead atoms. The van der Waals surface area contributed by atoms with Gasteiger partial charge in [0.1, 0.15) is 12.4 Å². The van der Waals surface area contributed by atoms with Gasteiger partial charge in [-0.15, -0.1) is 0 Å². The van der Waals surface area contributed by atoms with Crippen LogP contribution in [0.5, 0.6) is 0 Å². The zero-order chi connectivity index (χ0) is 21.3. The molecule has 0 aliphatic heterocycles. The maximum Gasteiger partial charge on any atom is 0.251 e. The Morgan fingerprint density at radius 2 is 2.07 bits per heavy atom. The number of hydrogen-bond acceptors (Lipinski definition) is 6. The van der Waals surface area contributed by atoms with Crippen molar-refractivity contribution in [3.05, 3.63) is 70.4 Å². The number of rotatable bonds is 5. The van der Waals surface area contributed by atoms with Crippen LogP contribution in [0.3, 0.4) is 0 Å². The smallest absolute Gasteiger partial charge is 0.251 e. The van der Waals surface area contributed by atoms with Gasteiger partial charge in [0.2, 0.25) is 0 Å². The van der Waals surface area contributed by atoms with E-state index < -0.39 is 11.5 Å². The molecule has 0 saturated heterocycles. The summed E-state index contributed by atoms with van der Waals surface area (Å²) in [5, 5.41) is 25.8. The number of carbonyl (C=O) groups is 1. The van der Waals surface area contributed by atoms with Gasteiger partial charge in [-0.3, -0.25) is 4.79 Å². The predicted molar refractivity (Wildman–Crippen MR) is 108 cm³/mol. The summed E-state index contributed by atoms with van der Waals surface area (Å²) in [6.45, 7) is 1.78. The molecule has 1 aromatic carbocycles. The van der Waals surface area contributed by atoms with Gasteiger partial charge >= 0.3 is 0 Å². The van der Waals surface area contributed by atoms with Crippen LogP contribution >= 0.6 is 11.6 Å². The van der Waals surface area contributed by atoms with E-state index in [1.165, 1.54) is 17.2 Å². The van der Waals surface area contributed by atoms with Crippen molar-refractivity contribution in [3.63, 3.8) is 0 Å². The Bertz CT molecular complexity index is 1200. The highest BCUT2D eigenvalue weighted by Gasteiger charge is 2.45. The van der Waals surface area contributed by atoms with Gasteiger partial charge in [-0.25, -0.2) is 9.97 Å². The average Bonchev–Trinajstić information content (AvgIpc) is 3.41. The van der Waals surface area contributed by atoms with E-state index in [0.717, 1.165) is 18.4 Å². The first-order valence-corrected chi connectivity index (χ1v) is 9.63. The highest BCUT2D eigenvalue weighted by molar-refractivity contribution is 6.31. The second-order valence-corrected chi connectivity index (χ2v) is 7.60. The topological polar surface area (TPSA) is 120 Å². The third-order valence-electron chi connectivity index (χ3n) is 5.08. The summed E-state index contributed by atoms with van der Waals surface area (Å²) in [4.78, 5) is 21.3. The lowest BCUT2D eigenvalue weighted by molar-refractivity contribution is 0.0937. The Morgan fingerprint density at radius 3 is 2.70 bits per heavy atom. The monoisotopic (exact) mass is 417 g/mol. The molecular formula is C21H16ClN7O. The number of hydrogen-bond donors (Lipinski definition) is 1. The molecule has 1 N–H and O–H groups in total. The van der Waals surface area contributed by atoms with E-state index in [1.807, 2.05) is 6.07 Å². The van der Waals surface area contributed by atoms with Crippen molar-refractivity contribution >= 4 is 17.5 Å². The van der Waals surface area contributed by atoms with Gasteiger partial charge in [-0.05, 0) is 55.7 Å². The Labute approximate surface area is 177 Å². The molecule has 1 aliphatic rings. The number of benzene rings is 1. The fraction of sp³-hybridized carbons (Fsp3) is 0.238. The molecule has 1 atom stereocenters. The number of halogens is 1. The molecule has 148 valence electrons. The van der Waals surface area contributed by atoms with E-state index in [2.05, 4.69) is 26.5 Å². The molecule has 30 heavy (non-hydrogen) atoms. The molecule has 3 aromatic rings. The van der Waals surface area contributed by atoms with Crippen LogP contribution in [0.1, 0.15) is 53.1 Å².